The number of benzene rings is 3. The molecule has 0 spiro atoms. The van der Waals surface area contributed by atoms with Crippen LogP contribution in [0.3, 0.4) is 0 Å². The zero-order valence-corrected chi connectivity index (χ0v) is 30.2. The molecule has 2 nitrogen and oxygen atoms in total. The first kappa shape index (κ1) is 36.6. The Bertz CT molecular complexity index is 1330. The molecule has 0 N–H and O–H groups in total. The average Bonchev–Trinajstić information content (AvgIpc) is 3.00. The minimum absolute atomic E-state index is 0. The van der Waals surface area contributed by atoms with E-state index in [0.29, 0.717) is 0 Å². The van der Waals surface area contributed by atoms with Crippen molar-refractivity contribution in [2.45, 2.75) is 44.9 Å². The first-order valence-corrected chi connectivity index (χ1v) is 15.9. The third-order valence-corrected chi connectivity index (χ3v) is 16.9. The molecule has 40 heavy (non-hydrogen) atoms. The predicted molar refractivity (Wildman–Crippen MR) is 162 cm³/mol. The monoisotopic (exact) mass is 646 g/mol. The standard InChI is InChI=1S/C33H41N2Si.3ClH.Ti/c1-22-17-23(2)19-32(18-22)36(30-15-11-13-28(20-30)34(7)8,31-16-12-14-29(21-31)35(9)10)33-26(5)24(3)25(4)27(33)6;;;;/h11-21H,1-10H3;3*1H;/q;;;;+3/p-3. The van der Waals surface area contributed by atoms with Gasteiger partial charge in [0.25, 0.3) is 0 Å². The van der Waals surface area contributed by atoms with Crippen molar-refractivity contribution >= 4 is 35.0 Å². The Balaban J connectivity index is 0.00000267. The van der Waals surface area contributed by atoms with Crippen molar-refractivity contribution in [3.63, 3.8) is 0 Å². The Morgan fingerprint density at radius 2 is 0.925 bits per heavy atom. The van der Waals surface area contributed by atoms with Crippen LogP contribution >= 0.6 is 0 Å². The molecule has 1 aliphatic carbocycles. The molecule has 4 rings (SSSR count). The zero-order valence-electron chi connectivity index (χ0n) is 25.4. The smallest absolute Gasteiger partial charge is 1.00 e. The van der Waals surface area contributed by atoms with Crippen molar-refractivity contribution < 1.29 is 57.7 Å². The Hall–Kier alpha value is -1.46. The SMILES string of the molecule is CC1=C(C)[C]([Ti+3])([Si](c2cc(C)cc(C)c2)(c2cccc(N(C)C)c2)c2cccc(N(C)C)c2)C(C)=C1C.[Cl-].[Cl-].[Cl-]. The molecule has 0 saturated carbocycles. The number of aryl methyl sites for hydroxylation is 2. The Morgan fingerprint density at radius 1 is 0.550 bits per heavy atom. The van der Waals surface area contributed by atoms with Crippen LogP contribution in [0.15, 0.2) is 89.0 Å². The van der Waals surface area contributed by atoms with Gasteiger partial charge in [0.2, 0.25) is 0 Å². The van der Waals surface area contributed by atoms with Crippen molar-refractivity contribution in [1.29, 1.82) is 0 Å². The number of allylic oxidation sites excluding steroid dienone is 4. The van der Waals surface area contributed by atoms with Gasteiger partial charge in [-0.3, -0.25) is 0 Å². The molecule has 0 amide bonds. The maximum Gasteiger partial charge on any atom is -1.00 e. The van der Waals surface area contributed by atoms with E-state index in [1.165, 1.54) is 60.4 Å². The number of anilines is 2. The fourth-order valence-electron chi connectivity index (χ4n) is 6.34. The third-order valence-electron chi connectivity index (χ3n) is 8.62. The second-order valence-electron chi connectivity index (χ2n) is 11.3. The minimum atomic E-state index is -2.71. The molecular formula is C33H41Cl3N2SiTi. The first-order valence-electron chi connectivity index (χ1n) is 13.1. The van der Waals surface area contributed by atoms with Crippen molar-refractivity contribution in [1.82, 2.24) is 0 Å². The second-order valence-corrected chi connectivity index (χ2v) is 17.2. The molecule has 0 unspecified atom stereocenters. The van der Waals surface area contributed by atoms with E-state index >= 15 is 0 Å². The van der Waals surface area contributed by atoms with Gasteiger partial charge in [-0.25, -0.2) is 0 Å². The van der Waals surface area contributed by atoms with Gasteiger partial charge in [0, 0.05) is 0 Å². The predicted octanol–water partition coefficient (Wildman–Crippen LogP) is -3.15. The van der Waals surface area contributed by atoms with Crippen LogP contribution in [-0.4, -0.2) is 36.3 Å². The van der Waals surface area contributed by atoms with Gasteiger partial charge in [-0.05, 0) is 0 Å². The Morgan fingerprint density at radius 3 is 1.27 bits per heavy atom. The summed E-state index contributed by atoms with van der Waals surface area (Å²) in [6.07, 6.45) is 0. The third kappa shape index (κ3) is 5.76. The average molecular weight is 648 g/mol. The van der Waals surface area contributed by atoms with E-state index in [9.17, 15) is 0 Å². The van der Waals surface area contributed by atoms with Crippen molar-refractivity contribution in [2.24, 2.45) is 0 Å². The summed E-state index contributed by atoms with van der Waals surface area (Å²) in [6, 6.07) is 26.1. The van der Waals surface area contributed by atoms with Gasteiger partial charge in [-0.1, -0.05) is 0 Å². The van der Waals surface area contributed by atoms with Gasteiger partial charge in [-0.15, -0.1) is 0 Å². The first-order chi connectivity index (χ1) is 17.3. The maximum atomic E-state index is 2.55. The van der Waals surface area contributed by atoms with Gasteiger partial charge in [0.15, 0.2) is 0 Å². The van der Waals surface area contributed by atoms with E-state index < -0.39 is 8.07 Å². The molecule has 212 valence electrons. The molecule has 0 bridgehead atoms. The van der Waals surface area contributed by atoms with Crippen LogP contribution in [0.5, 0.6) is 0 Å². The number of hydrogen-bond acceptors (Lipinski definition) is 2. The molecule has 7 heteroatoms. The Kier molecular flexibility index (Phi) is 12.5. The number of rotatable bonds is 6. The van der Waals surface area contributed by atoms with E-state index in [-0.39, 0.29) is 40.6 Å². The minimum Gasteiger partial charge on any atom is -1.00 e. The van der Waals surface area contributed by atoms with Gasteiger partial charge < -0.3 is 37.2 Å². The summed E-state index contributed by atoms with van der Waals surface area (Å²) in [7, 11) is 5.88. The fraction of sp³-hybridized carbons (Fsp3) is 0.333. The van der Waals surface area contributed by atoms with Crippen LogP contribution in [0.4, 0.5) is 11.4 Å². The largest absolute Gasteiger partial charge is 1.00 e. The topological polar surface area (TPSA) is 6.48 Å². The molecule has 0 atom stereocenters. The molecule has 0 fully saturated rings. The summed E-state index contributed by atoms with van der Waals surface area (Å²) >= 11 is 2.55. The normalized spacial score (nSPS) is 14.3. The fourth-order valence-corrected chi connectivity index (χ4v) is 15.1. The van der Waals surface area contributed by atoms with E-state index in [4.69, 9.17) is 0 Å². The van der Waals surface area contributed by atoms with E-state index in [1.54, 1.807) is 0 Å². The Labute approximate surface area is 274 Å². The molecule has 0 radical (unpaired) electrons. The molecule has 0 heterocycles. The molecular weight excluding hydrogens is 607 g/mol. The van der Waals surface area contributed by atoms with Gasteiger partial charge in [0.05, 0.1) is 0 Å². The number of hydrogen-bond donors (Lipinski definition) is 0. The summed E-state index contributed by atoms with van der Waals surface area (Å²) < 4.78 is -0.114. The summed E-state index contributed by atoms with van der Waals surface area (Å²) in [5.41, 5.74) is 11.1. The van der Waals surface area contributed by atoms with Gasteiger partial charge in [-0.2, -0.15) is 0 Å². The van der Waals surface area contributed by atoms with E-state index in [0.717, 1.165) is 0 Å². The maximum absolute atomic E-state index is 2.71. The van der Waals surface area contributed by atoms with E-state index in [1.807, 2.05) is 0 Å². The van der Waals surface area contributed by atoms with Crippen LogP contribution < -0.4 is 62.6 Å². The second kappa shape index (κ2) is 13.7. The number of nitrogens with zero attached hydrogens (tertiary/aromatic N) is 2. The summed E-state index contributed by atoms with van der Waals surface area (Å²) in [5.74, 6) is 0. The summed E-state index contributed by atoms with van der Waals surface area (Å²) in [4.78, 5) is 4.47. The zero-order chi connectivity index (χ0) is 27.3. The quantitative estimate of drug-likeness (QED) is 0.206. The van der Waals surface area contributed by atoms with Crippen molar-refractivity contribution in [3.8, 4) is 0 Å². The molecule has 1 aliphatic rings. The van der Waals surface area contributed by atoms with Gasteiger partial charge in [0.1, 0.15) is 0 Å². The molecule has 0 aromatic heterocycles. The van der Waals surface area contributed by atoms with Crippen LogP contribution in [0, 0.1) is 13.8 Å². The molecule has 0 aliphatic heterocycles. The van der Waals surface area contributed by atoms with Crippen LogP contribution in [0.2, 0.25) is 3.34 Å². The molecule has 3 aromatic carbocycles. The van der Waals surface area contributed by atoms with Crippen LogP contribution in [0.1, 0.15) is 38.8 Å². The summed E-state index contributed by atoms with van der Waals surface area (Å²) in [5, 5.41) is 4.41. The van der Waals surface area contributed by atoms with Crippen molar-refractivity contribution in [3.05, 3.63) is 100 Å². The van der Waals surface area contributed by atoms with Gasteiger partial charge >= 0.3 is 238 Å². The van der Waals surface area contributed by atoms with Crippen LogP contribution in [0.25, 0.3) is 0 Å². The summed E-state index contributed by atoms with van der Waals surface area (Å²) in [6.45, 7) is 13.9. The van der Waals surface area contributed by atoms with Crippen LogP contribution in [-0.2, 0) is 20.4 Å². The van der Waals surface area contributed by atoms with Crippen molar-refractivity contribution in [2.75, 3.05) is 38.0 Å². The molecule has 0 saturated heterocycles. The number of halogens is 3. The molecule has 3 aromatic rings. The van der Waals surface area contributed by atoms with E-state index in [2.05, 4.69) is 167 Å².